The van der Waals surface area contributed by atoms with E-state index in [4.69, 9.17) is 0 Å². The average molecular weight is 320 g/mol. The highest BCUT2D eigenvalue weighted by molar-refractivity contribution is 7.99. The number of amides is 1. The van der Waals surface area contributed by atoms with Crippen LogP contribution in [0.2, 0.25) is 0 Å². The molecule has 0 saturated heterocycles. The lowest BCUT2D eigenvalue weighted by molar-refractivity contribution is -0.113. The Morgan fingerprint density at radius 3 is 3.10 bits per heavy atom. The number of aryl methyl sites for hydroxylation is 1. The summed E-state index contributed by atoms with van der Waals surface area (Å²) in [6.07, 6.45) is 6.63. The number of rotatable bonds is 4. The minimum absolute atomic E-state index is 0.0633. The van der Waals surface area contributed by atoms with E-state index in [1.165, 1.54) is 23.1 Å². The molecule has 110 valence electrons. The first-order valence-electron chi connectivity index (χ1n) is 6.89. The fourth-order valence-electron chi connectivity index (χ4n) is 2.24. The Morgan fingerprint density at radius 1 is 1.48 bits per heavy atom. The van der Waals surface area contributed by atoms with E-state index in [-0.39, 0.29) is 5.91 Å². The lowest BCUT2D eigenvalue weighted by Crippen LogP contribution is -2.14. The molecule has 5 nitrogen and oxygen atoms in total. The molecule has 7 heteroatoms. The summed E-state index contributed by atoms with van der Waals surface area (Å²) in [5.41, 5.74) is 1.16. The van der Waals surface area contributed by atoms with Gasteiger partial charge in [-0.1, -0.05) is 18.7 Å². The molecule has 0 spiro atoms. The highest BCUT2D eigenvalue weighted by Crippen LogP contribution is 2.32. The van der Waals surface area contributed by atoms with Gasteiger partial charge in [0, 0.05) is 17.3 Å². The van der Waals surface area contributed by atoms with Crippen LogP contribution in [0.15, 0.2) is 23.6 Å². The average Bonchev–Trinajstić information content (AvgIpc) is 2.87. The second-order valence-corrected chi connectivity index (χ2v) is 7.13. The summed E-state index contributed by atoms with van der Waals surface area (Å²) in [5.74, 6) is 0.948. The summed E-state index contributed by atoms with van der Waals surface area (Å²) in [5, 5.41) is 4.20. The van der Waals surface area contributed by atoms with Crippen LogP contribution < -0.4 is 5.32 Å². The first-order valence-corrected chi connectivity index (χ1v) is 8.69. The number of hydrogen-bond acceptors (Lipinski definition) is 6. The molecule has 0 fully saturated rings. The molecular formula is C14H16N4OS2. The fraction of sp³-hybridized carbons (Fsp3) is 0.429. The van der Waals surface area contributed by atoms with Crippen LogP contribution in [0.3, 0.4) is 0 Å². The zero-order valence-electron chi connectivity index (χ0n) is 11.7. The van der Waals surface area contributed by atoms with Crippen molar-refractivity contribution in [2.24, 2.45) is 5.92 Å². The highest BCUT2D eigenvalue weighted by Gasteiger charge is 2.20. The van der Waals surface area contributed by atoms with Crippen molar-refractivity contribution in [3.63, 3.8) is 0 Å². The van der Waals surface area contributed by atoms with Gasteiger partial charge in [0.2, 0.25) is 5.91 Å². The topological polar surface area (TPSA) is 67.8 Å². The number of anilines is 1. The predicted molar refractivity (Wildman–Crippen MR) is 84.7 cm³/mol. The molecule has 0 unspecified atom stereocenters. The van der Waals surface area contributed by atoms with Crippen LogP contribution in [-0.4, -0.2) is 26.6 Å². The maximum atomic E-state index is 11.9. The number of nitrogens with zero attached hydrogens (tertiary/aromatic N) is 3. The first-order chi connectivity index (χ1) is 10.2. The van der Waals surface area contributed by atoms with E-state index < -0.39 is 0 Å². The van der Waals surface area contributed by atoms with E-state index in [0.29, 0.717) is 22.0 Å². The van der Waals surface area contributed by atoms with Crippen LogP contribution in [0.25, 0.3) is 0 Å². The molecule has 0 saturated carbocycles. The van der Waals surface area contributed by atoms with Crippen LogP contribution in [0.1, 0.15) is 23.9 Å². The summed E-state index contributed by atoms with van der Waals surface area (Å²) in [4.78, 5) is 25.9. The Morgan fingerprint density at radius 2 is 2.29 bits per heavy atom. The van der Waals surface area contributed by atoms with Crippen LogP contribution in [0, 0.1) is 5.92 Å². The Balaban J connectivity index is 1.55. The van der Waals surface area contributed by atoms with Gasteiger partial charge in [0.15, 0.2) is 10.3 Å². The van der Waals surface area contributed by atoms with Crippen LogP contribution in [0.4, 0.5) is 5.13 Å². The molecule has 0 radical (unpaired) electrons. The van der Waals surface area contributed by atoms with Crippen molar-refractivity contribution in [2.45, 2.75) is 31.3 Å². The van der Waals surface area contributed by atoms with Crippen molar-refractivity contribution in [3.05, 3.63) is 29.0 Å². The largest absolute Gasteiger partial charge is 0.301 e. The predicted octanol–water partition coefficient (Wildman–Crippen LogP) is 2.79. The van der Waals surface area contributed by atoms with Crippen molar-refractivity contribution < 1.29 is 4.79 Å². The molecule has 1 amide bonds. The number of thiazole rings is 1. The van der Waals surface area contributed by atoms with Gasteiger partial charge in [0.05, 0.1) is 11.4 Å². The molecule has 1 aliphatic rings. The summed E-state index contributed by atoms with van der Waals surface area (Å²) in [6.45, 7) is 2.26. The quantitative estimate of drug-likeness (QED) is 0.693. The summed E-state index contributed by atoms with van der Waals surface area (Å²) in [6, 6.07) is 1.76. The molecule has 1 N–H and O–H groups in total. The zero-order valence-corrected chi connectivity index (χ0v) is 13.3. The zero-order chi connectivity index (χ0) is 14.7. The van der Waals surface area contributed by atoms with E-state index in [1.54, 1.807) is 29.8 Å². The molecule has 2 aromatic heterocycles. The second-order valence-electron chi connectivity index (χ2n) is 5.11. The molecular weight excluding hydrogens is 304 g/mol. The molecule has 1 aliphatic carbocycles. The third-order valence-electron chi connectivity index (χ3n) is 3.31. The van der Waals surface area contributed by atoms with Gasteiger partial charge < -0.3 is 5.32 Å². The SMILES string of the molecule is C[C@H]1CCc2nc(NC(=O)CSc3ncccn3)sc2C1. The number of aromatic nitrogens is 3. The van der Waals surface area contributed by atoms with Crippen LogP contribution >= 0.6 is 23.1 Å². The molecule has 3 rings (SSSR count). The van der Waals surface area contributed by atoms with Crippen molar-refractivity contribution in [2.75, 3.05) is 11.1 Å². The van der Waals surface area contributed by atoms with Crippen molar-refractivity contribution in [3.8, 4) is 0 Å². The van der Waals surface area contributed by atoms with Crippen LogP contribution in [0.5, 0.6) is 0 Å². The van der Waals surface area contributed by atoms with Gasteiger partial charge in [-0.2, -0.15) is 0 Å². The van der Waals surface area contributed by atoms with Gasteiger partial charge in [-0.05, 0) is 31.2 Å². The Hall–Kier alpha value is -1.47. The van der Waals surface area contributed by atoms with Gasteiger partial charge in [-0.25, -0.2) is 15.0 Å². The molecule has 0 aliphatic heterocycles. The smallest absolute Gasteiger partial charge is 0.236 e. The molecule has 1 atom stereocenters. The number of thioether (sulfide) groups is 1. The number of nitrogens with one attached hydrogen (secondary N) is 1. The third-order valence-corrected chi connectivity index (χ3v) is 5.22. The van der Waals surface area contributed by atoms with Crippen LogP contribution in [-0.2, 0) is 17.6 Å². The van der Waals surface area contributed by atoms with E-state index in [2.05, 4.69) is 27.2 Å². The van der Waals surface area contributed by atoms with Crippen molar-refractivity contribution >= 4 is 34.1 Å². The minimum Gasteiger partial charge on any atom is -0.301 e. The standard InChI is InChI=1S/C14H16N4OS2/c1-9-3-4-10-11(7-9)21-14(17-10)18-12(19)8-20-13-15-5-2-6-16-13/h2,5-6,9H,3-4,7-8H2,1H3,(H,17,18,19)/t9-/m0/s1. The molecule has 0 bridgehead atoms. The van der Waals surface area contributed by atoms with Crippen molar-refractivity contribution in [1.29, 1.82) is 0 Å². The van der Waals surface area contributed by atoms with Gasteiger partial charge >= 0.3 is 0 Å². The number of carbonyl (C=O) groups excluding carboxylic acids is 1. The summed E-state index contributed by atoms with van der Waals surface area (Å²) < 4.78 is 0. The monoisotopic (exact) mass is 320 g/mol. The Labute approximate surface area is 131 Å². The van der Waals surface area contributed by atoms with E-state index >= 15 is 0 Å². The number of hydrogen-bond donors (Lipinski definition) is 1. The Kier molecular flexibility index (Phi) is 4.50. The van der Waals surface area contributed by atoms with E-state index in [0.717, 1.165) is 18.5 Å². The number of carbonyl (C=O) groups is 1. The van der Waals surface area contributed by atoms with E-state index in [1.807, 2.05) is 0 Å². The lowest BCUT2D eigenvalue weighted by atomic mass is 9.93. The highest BCUT2D eigenvalue weighted by atomic mass is 32.2. The summed E-state index contributed by atoms with van der Waals surface area (Å²) in [7, 11) is 0. The minimum atomic E-state index is -0.0633. The van der Waals surface area contributed by atoms with Gasteiger partial charge in [-0.3, -0.25) is 4.79 Å². The van der Waals surface area contributed by atoms with Gasteiger partial charge in [0.25, 0.3) is 0 Å². The first kappa shape index (κ1) is 14.5. The summed E-state index contributed by atoms with van der Waals surface area (Å²) >= 11 is 2.93. The third kappa shape index (κ3) is 3.79. The lowest BCUT2D eigenvalue weighted by Gasteiger charge is -2.15. The maximum Gasteiger partial charge on any atom is 0.236 e. The fourth-order valence-corrected chi connectivity index (χ4v) is 4.03. The second kappa shape index (κ2) is 6.53. The molecule has 0 aromatic carbocycles. The number of fused-ring (bicyclic) bond motifs is 1. The molecule has 21 heavy (non-hydrogen) atoms. The molecule has 2 heterocycles. The molecule has 2 aromatic rings. The maximum absolute atomic E-state index is 11.9. The van der Waals surface area contributed by atoms with Gasteiger partial charge in [0.1, 0.15) is 0 Å². The Bertz CT molecular complexity index is 629. The van der Waals surface area contributed by atoms with Crippen molar-refractivity contribution in [1.82, 2.24) is 15.0 Å². The normalized spacial score (nSPS) is 17.3. The van der Waals surface area contributed by atoms with E-state index in [9.17, 15) is 4.79 Å². The van der Waals surface area contributed by atoms with Gasteiger partial charge in [-0.15, -0.1) is 11.3 Å².